The van der Waals surface area contributed by atoms with Crippen LogP contribution in [0.3, 0.4) is 0 Å². The molecule has 6 heteroatoms. The van der Waals surface area contributed by atoms with E-state index in [4.69, 9.17) is 4.74 Å². The summed E-state index contributed by atoms with van der Waals surface area (Å²) in [6, 6.07) is 20.2. The zero-order valence-electron chi connectivity index (χ0n) is 18.7. The molecule has 1 heterocycles. The SMILES string of the molecule is COc1ccccc1N1C(=O)CN(c2cccc(C)c2C)C(=O)[C@H]1c1ccc(SC)cc1. The monoisotopic (exact) mass is 446 g/mol. The summed E-state index contributed by atoms with van der Waals surface area (Å²) in [4.78, 5) is 31.8. The van der Waals surface area contributed by atoms with Gasteiger partial charge in [-0.25, -0.2) is 0 Å². The Kier molecular flexibility index (Phi) is 6.24. The van der Waals surface area contributed by atoms with Crippen LogP contribution in [-0.4, -0.2) is 31.7 Å². The van der Waals surface area contributed by atoms with E-state index in [0.717, 1.165) is 27.3 Å². The van der Waals surface area contributed by atoms with E-state index in [1.165, 1.54) is 0 Å². The van der Waals surface area contributed by atoms with Gasteiger partial charge in [-0.2, -0.15) is 0 Å². The molecule has 164 valence electrons. The van der Waals surface area contributed by atoms with Gasteiger partial charge < -0.3 is 9.64 Å². The molecular formula is C26H26N2O3S. The van der Waals surface area contributed by atoms with Gasteiger partial charge in [0.25, 0.3) is 5.91 Å². The highest BCUT2D eigenvalue weighted by atomic mass is 32.2. The minimum Gasteiger partial charge on any atom is -0.495 e. The number of anilines is 2. The molecule has 0 saturated carbocycles. The quantitative estimate of drug-likeness (QED) is 0.508. The molecule has 1 fully saturated rings. The largest absolute Gasteiger partial charge is 0.495 e. The van der Waals surface area contributed by atoms with Crippen molar-refractivity contribution < 1.29 is 14.3 Å². The van der Waals surface area contributed by atoms with Gasteiger partial charge in [-0.3, -0.25) is 14.5 Å². The van der Waals surface area contributed by atoms with E-state index in [0.29, 0.717) is 11.4 Å². The second kappa shape index (κ2) is 9.09. The summed E-state index contributed by atoms with van der Waals surface area (Å²) in [6.07, 6.45) is 2.01. The lowest BCUT2D eigenvalue weighted by Gasteiger charge is -2.41. The number of ether oxygens (including phenoxy) is 1. The third-order valence-electron chi connectivity index (χ3n) is 5.96. The Morgan fingerprint density at radius 3 is 2.28 bits per heavy atom. The standard InChI is InChI=1S/C26H26N2O3S/c1-17-8-7-10-21(18(17)2)27-16-24(29)28(22-9-5-6-11-23(22)31-3)25(26(27)30)19-12-14-20(32-4)15-13-19/h5-15,25H,16H2,1-4H3/t25-/m1/s1. The Balaban J connectivity index is 1.86. The molecule has 0 unspecified atom stereocenters. The lowest BCUT2D eigenvalue weighted by atomic mass is 9.98. The summed E-state index contributed by atoms with van der Waals surface area (Å²) in [5, 5.41) is 0. The van der Waals surface area contributed by atoms with E-state index >= 15 is 0 Å². The van der Waals surface area contributed by atoms with Crippen molar-refractivity contribution in [2.24, 2.45) is 0 Å². The zero-order chi connectivity index (χ0) is 22.8. The molecule has 1 atom stereocenters. The van der Waals surface area contributed by atoms with E-state index in [9.17, 15) is 9.59 Å². The maximum atomic E-state index is 14.0. The van der Waals surface area contributed by atoms with Gasteiger partial charge in [0.05, 0.1) is 12.8 Å². The number of benzene rings is 3. The van der Waals surface area contributed by atoms with Gasteiger partial charge in [0.15, 0.2) is 0 Å². The molecule has 0 N–H and O–H groups in total. The van der Waals surface area contributed by atoms with E-state index < -0.39 is 6.04 Å². The summed E-state index contributed by atoms with van der Waals surface area (Å²) < 4.78 is 5.53. The molecule has 2 amide bonds. The third-order valence-corrected chi connectivity index (χ3v) is 6.71. The fourth-order valence-electron chi connectivity index (χ4n) is 4.10. The summed E-state index contributed by atoms with van der Waals surface area (Å²) in [6.45, 7) is 3.96. The Morgan fingerprint density at radius 2 is 1.59 bits per heavy atom. The number of piperazine rings is 1. The normalized spacial score (nSPS) is 16.4. The number of carbonyl (C=O) groups is 2. The minimum absolute atomic E-state index is 0.0272. The number of methoxy groups -OCH3 is 1. The number of hydrogen-bond donors (Lipinski definition) is 0. The molecule has 4 rings (SSSR count). The first kappa shape index (κ1) is 22.0. The number of rotatable bonds is 5. The predicted molar refractivity (Wildman–Crippen MR) is 130 cm³/mol. The van der Waals surface area contributed by atoms with Crippen LogP contribution in [0.4, 0.5) is 11.4 Å². The maximum Gasteiger partial charge on any atom is 0.255 e. The molecule has 5 nitrogen and oxygen atoms in total. The molecule has 1 aliphatic rings. The molecule has 0 aliphatic carbocycles. The van der Waals surface area contributed by atoms with Crippen molar-refractivity contribution in [3.05, 3.63) is 83.4 Å². The maximum absolute atomic E-state index is 14.0. The van der Waals surface area contributed by atoms with Gasteiger partial charge in [0.1, 0.15) is 18.3 Å². The van der Waals surface area contributed by atoms with Gasteiger partial charge in [-0.1, -0.05) is 36.4 Å². The molecule has 0 aromatic heterocycles. The van der Waals surface area contributed by atoms with Crippen molar-refractivity contribution in [1.29, 1.82) is 0 Å². The highest BCUT2D eigenvalue weighted by Gasteiger charge is 2.43. The Hall–Kier alpha value is -3.25. The van der Waals surface area contributed by atoms with E-state index in [2.05, 4.69) is 0 Å². The molecule has 0 radical (unpaired) electrons. The first-order chi connectivity index (χ1) is 15.5. The molecule has 3 aromatic carbocycles. The highest BCUT2D eigenvalue weighted by Crippen LogP contribution is 2.39. The zero-order valence-corrected chi connectivity index (χ0v) is 19.5. The number of carbonyl (C=O) groups excluding carboxylic acids is 2. The minimum atomic E-state index is -0.789. The van der Waals surface area contributed by atoms with E-state index in [1.807, 2.05) is 80.8 Å². The van der Waals surface area contributed by atoms with E-state index in [1.54, 1.807) is 34.7 Å². The van der Waals surface area contributed by atoms with Crippen molar-refractivity contribution in [3.63, 3.8) is 0 Å². The third kappa shape index (κ3) is 3.86. The molecule has 1 saturated heterocycles. The summed E-state index contributed by atoms with van der Waals surface area (Å²) in [5.74, 6) is 0.259. The molecular weight excluding hydrogens is 420 g/mol. The Morgan fingerprint density at radius 1 is 0.906 bits per heavy atom. The Labute approximate surface area is 193 Å². The Bertz CT molecular complexity index is 1160. The van der Waals surface area contributed by atoms with Crippen LogP contribution in [0.1, 0.15) is 22.7 Å². The number of amides is 2. The van der Waals surface area contributed by atoms with Gasteiger partial charge >= 0.3 is 0 Å². The summed E-state index contributed by atoms with van der Waals surface area (Å²) in [5.41, 5.74) is 4.20. The van der Waals surface area contributed by atoms with Crippen LogP contribution >= 0.6 is 11.8 Å². The average Bonchev–Trinajstić information content (AvgIpc) is 2.82. The highest BCUT2D eigenvalue weighted by molar-refractivity contribution is 7.98. The first-order valence-corrected chi connectivity index (χ1v) is 11.7. The van der Waals surface area contributed by atoms with Crippen LogP contribution in [0.15, 0.2) is 71.6 Å². The fraction of sp³-hybridized carbons (Fsp3) is 0.231. The number of hydrogen-bond acceptors (Lipinski definition) is 4. The van der Waals surface area contributed by atoms with Gasteiger partial charge in [0.2, 0.25) is 5.91 Å². The second-order valence-electron chi connectivity index (χ2n) is 7.75. The van der Waals surface area contributed by atoms with Crippen LogP contribution < -0.4 is 14.5 Å². The number of thioether (sulfide) groups is 1. The molecule has 0 spiro atoms. The van der Waals surface area contributed by atoms with Crippen LogP contribution in [0, 0.1) is 13.8 Å². The van der Waals surface area contributed by atoms with Crippen molar-refractivity contribution in [2.75, 3.05) is 29.7 Å². The van der Waals surface area contributed by atoms with Crippen molar-refractivity contribution in [1.82, 2.24) is 0 Å². The van der Waals surface area contributed by atoms with Crippen molar-refractivity contribution in [2.45, 2.75) is 24.8 Å². The van der Waals surface area contributed by atoms with Crippen LogP contribution in [0.5, 0.6) is 5.75 Å². The smallest absolute Gasteiger partial charge is 0.255 e. The summed E-state index contributed by atoms with van der Waals surface area (Å²) >= 11 is 1.63. The predicted octanol–water partition coefficient (Wildman–Crippen LogP) is 5.16. The number of aryl methyl sites for hydroxylation is 1. The van der Waals surface area contributed by atoms with Gasteiger partial charge in [-0.05, 0) is 67.1 Å². The lowest BCUT2D eigenvalue weighted by molar-refractivity contribution is -0.128. The topological polar surface area (TPSA) is 49.9 Å². The summed E-state index contributed by atoms with van der Waals surface area (Å²) in [7, 11) is 1.57. The molecule has 3 aromatic rings. The second-order valence-corrected chi connectivity index (χ2v) is 8.63. The molecule has 32 heavy (non-hydrogen) atoms. The average molecular weight is 447 g/mol. The molecule has 1 aliphatic heterocycles. The van der Waals surface area contributed by atoms with Crippen molar-refractivity contribution >= 4 is 35.0 Å². The number of para-hydroxylation sites is 2. The van der Waals surface area contributed by atoms with Crippen molar-refractivity contribution in [3.8, 4) is 5.75 Å². The van der Waals surface area contributed by atoms with Crippen LogP contribution in [0.2, 0.25) is 0 Å². The van der Waals surface area contributed by atoms with Crippen LogP contribution in [0.25, 0.3) is 0 Å². The van der Waals surface area contributed by atoms with E-state index in [-0.39, 0.29) is 18.4 Å². The van der Waals surface area contributed by atoms with Gasteiger partial charge in [-0.15, -0.1) is 11.8 Å². The van der Waals surface area contributed by atoms with Gasteiger partial charge in [0, 0.05) is 10.6 Å². The number of nitrogens with zero attached hydrogens (tertiary/aromatic N) is 2. The first-order valence-electron chi connectivity index (χ1n) is 10.4. The fourth-order valence-corrected chi connectivity index (χ4v) is 4.51. The van der Waals surface area contributed by atoms with Crippen LogP contribution in [-0.2, 0) is 9.59 Å². The lowest BCUT2D eigenvalue weighted by Crippen LogP contribution is -2.56. The molecule has 0 bridgehead atoms.